The van der Waals surface area contributed by atoms with E-state index in [9.17, 15) is 4.79 Å². The third-order valence-electron chi connectivity index (χ3n) is 3.49. The second-order valence-electron chi connectivity index (χ2n) is 5.56. The van der Waals surface area contributed by atoms with Crippen molar-refractivity contribution in [3.05, 3.63) is 36.7 Å². The number of amides is 1. The van der Waals surface area contributed by atoms with E-state index in [2.05, 4.69) is 10.3 Å². The summed E-state index contributed by atoms with van der Waals surface area (Å²) in [4.78, 5) is 16.5. The molecular formula is C16H23ClN4O. The van der Waals surface area contributed by atoms with Gasteiger partial charge in [0.2, 0.25) is 5.91 Å². The number of nitrogens with zero attached hydrogens (tertiary/aromatic N) is 2. The number of halogens is 1. The molecule has 5 nitrogen and oxygen atoms in total. The number of nitrogens with two attached hydrogens (primary N) is 1. The standard InChI is InChI=1S/C16H22N4O.ClH/c1-4-8-16(2,17)15(21)19-13-7-5-6-12(11-13)14-18-9-10-20(14)3;/h5-7,9-11H,4,8,17H2,1-3H3,(H,19,21);1H. The van der Waals surface area contributed by atoms with Crippen molar-refractivity contribution in [1.82, 2.24) is 9.55 Å². The van der Waals surface area contributed by atoms with Gasteiger partial charge in [0.15, 0.2) is 0 Å². The molecule has 1 unspecified atom stereocenters. The molecule has 0 fully saturated rings. The average molecular weight is 323 g/mol. The molecule has 0 saturated carbocycles. The van der Waals surface area contributed by atoms with Crippen LogP contribution in [0.3, 0.4) is 0 Å². The molecule has 22 heavy (non-hydrogen) atoms. The third-order valence-corrected chi connectivity index (χ3v) is 3.49. The number of benzene rings is 1. The van der Waals surface area contributed by atoms with Gasteiger partial charge in [-0.2, -0.15) is 0 Å². The highest BCUT2D eigenvalue weighted by molar-refractivity contribution is 5.98. The molecule has 6 heteroatoms. The van der Waals surface area contributed by atoms with Crippen molar-refractivity contribution in [2.75, 3.05) is 5.32 Å². The lowest BCUT2D eigenvalue weighted by Crippen LogP contribution is -2.48. The summed E-state index contributed by atoms with van der Waals surface area (Å²) in [5.41, 5.74) is 6.88. The minimum atomic E-state index is -0.853. The van der Waals surface area contributed by atoms with Gasteiger partial charge in [-0.15, -0.1) is 12.4 Å². The van der Waals surface area contributed by atoms with Crippen molar-refractivity contribution >= 4 is 24.0 Å². The van der Waals surface area contributed by atoms with Crippen molar-refractivity contribution in [2.45, 2.75) is 32.2 Å². The molecular weight excluding hydrogens is 300 g/mol. The van der Waals surface area contributed by atoms with Crippen LogP contribution in [-0.2, 0) is 11.8 Å². The van der Waals surface area contributed by atoms with Gasteiger partial charge in [-0.1, -0.05) is 25.5 Å². The van der Waals surface area contributed by atoms with E-state index in [4.69, 9.17) is 5.73 Å². The fourth-order valence-corrected chi connectivity index (χ4v) is 2.29. The number of hydrogen-bond donors (Lipinski definition) is 2. The Bertz CT molecular complexity index is 637. The van der Waals surface area contributed by atoms with Crippen LogP contribution in [0.5, 0.6) is 0 Å². The van der Waals surface area contributed by atoms with Crippen LogP contribution in [0, 0.1) is 0 Å². The molecule has 0 saturated heterocycles. The number of imidazole rings is 1. The maximum absolute atomic E-state index is 12.2. The van der Waals surface area contributed by atoms with Gasteiger partial charge < -0.3 is 15.6 Å². The van der Waals surface area contributed by atoms with Gasteiger partial charge in [-0.05, 0) is 25.5 Å². The summed E-state index contributed by atoms with van der Waals surface area (Å²) in [6, 6.07) is 7.62. The van der Waals surface area contributed by atoms with Crippen LogP contribution in [0.15, 0.2) is 36.7 Å². The zero-order valence-corrected chi connectivity index (χ0v) is 14.0. The van der Waals surface area contributed by atoms with E-state index in [1.807, 2.05) is 49.0 Å². The number of carbonyl (C=O) groups is 1. The monoisotopic (exact) mass is 322 g/mol. The predicted octanol–water partition coefficient (Wildman–Crippen LogP) is 2.96. The number of rotatable bonds is 5. The van der Waals surface area contributed by atoms with Gasteiger partial charge in [0.25, 0.3) is 0 Å². The molecule has 3 N–H and O–H groups in total. The molecule has 1 atom stereocenters. The lowest BCUT2D eigenvalue weighted by atomic mass is 9.96. The number of carbonyl (C=O) groups excluding carboxylic acids is 1. The van der Waals surface area contributed by atoms with Crippen LogP contribution in [0.2, 0.25) is 0 Å². The number of nitrogens with one attached hydrogen (secondary N) is 1. The second kappa shape index (κ2) is 7.42. The maximum atomic E-state index is 12.2. The van der Waals surface area contributed by atoms with Crippen molar-refractivity contribution in [2.24, 2.45) is 12.8 Å². The smallest absolute Gasteiger partial charge is 0.244 e. The average Bonchev–Trinajstić information content (AvgIpc) is 2.85. The quantitative estimate of drug-likeness (QED) is 0.888. The zero-order chi connectivity index (χ0) is 15.5. The lowest BCUT2D eigenvalue weighted by molar-refractivity contribution is -0.120. The molecule has 120 valence electrons. The molecule has 1 aromatic carbocycles. The largest absolute Gasteiger partial charge is 0.334 e. The number of anilines is 1. The van der Waals surface area contributed by atoms with Crippen LogP contribution in [0.4, 0.5) is 5.69 Å². The summed E-state index contributed by atoms with van der Waals surface area (Å²) in [5, 5.41) is 2.89. The molecule has 1 aromatic heterocycles. The van der Waals surface area contributed by atoms with Gasteiger partial charge in [-0.25, -0.2) is 4.98 Å². The molecule has 0 bridgehead atoms. The molecule has 0 aliphatic rings. The molecule has 2 aromatic rings. The number of hydrogen-bond acceptors (Lipinski definition) is 3. The molecule has 2 rings (SSSR count). The van der Waals surface area contributed by atoms with Crippen molar-refractivity contribution in [3.63, 3.8) is 0 Å². The Labute approximate surface area is 137 Å². The van der Waals surface area contributed by atoms with E-state index < -0.39 is 5.54 Å². The summed E-state index contributed by atoms with van der Waals surface area (Å²) >= 11 is 0. The lowest BCUT2D eigenvalue weighted by Gasteiger charge is -2.23. The first-order valence-corrected chi connectivity index (χ1v) is 7.12. The number of aryl methyl sites for hydroxylation is 1. The normalized spacial score (nSPS) is 13.1. The van der Waals surface area contributed by atoms with E-state index in [0.29, 0.717) is 6.42 Å². The predicted molar refractivity (Wildman–Crippen MR) is 92.0 cm³/mol. The fourth-order valence-electron chi connectivity index (χ4n) is 2.29. The Morgan fingerprint density at radius 2 is 2.18 bits per heavy atom. The summed E-state index contributed by atoms with van der Waals surface area (Å²) in [5.74, 6) is 0.691. The maximum Gasteiger partial charge on any atom is 0.244 e. The van der Waals surface area contributed by atoms with E-state index in [1.54, 1.807) is 13.1 Å². The van der Waals surface area contributed by atoms with Gasteiger partial charge in [0.05, 0.1) is 5.54 Å². The highest BCUT2D eigenvalue weighted by Crippen LogP contribution is 2.21. The fraction of sp³-hybridized carbons (Fsp3) is 0.375. The van der Waals surface area contributed by atoms with E-state index in [1.165, 1.54) is 0 Å². The van der Waals surface area contributed by atoms with E-state index in [-0.39, 0.29) is 18.3 Å². The Hall–Kier alpha value is -1.85. The first-order chi connectivity index (χ1) is 9.94. The van der Waals surface area contributed by atoms with Crippen molar-refractivity contribution in [3.8, 4) is 11.4 Å². The Morgan fingerprint density at radius 3 is 2.77 bits per heavy atom. The topological polar surface area (TPSA) is 72.9 Å². The summed E-state index contributed by atoms with van der Waals surface area (Å²) < 4.78 is 1.94. The van der Waals surface area contributed by atoms with Gasteiger partial charge in [0.1, 0.15) is 5.82 Å². The van der Waals surface area contributed by atoms with Gasteiger partial charge in [0, 0.05) is 30.7 Å². The minimum absolute atomic E-state index is 0. The number of aromatic nitrogens is 2. The molecule has 0 spiro atoms. The first kappa shape index (κ1) is 18.2. The minimum Gasteiger partial charge on any atom is -0.334 e. The SMILES string of the molecule is CCCC(C)(N)C(=O)Nc1cccc(-c2nccn2C)c1.Cl. The Balaban J connectivity index is 0.00000242. The van der Waals surface area contributed by atoms with Gasteiger partial charge >= 0.3 is 0 Å². The van der Waals surface area contributed by atoms with E-state index in [0.717, 1.165) is 23.5 Å². The summed E-state index contributed by atoms with van der Waals surface area (Å²) in [6.45, 7) is 3.77. The summed E-state index contributed by atoms with van der Waals surface area (Å²) in [6.07, 6.45) is 5.16. The van der Waals surface area contributed by atoms with Gasteiger partial charge in [-0.3, -0.25) is 4.79 Å². The van der Waals surface area contributed by atoms with Crippen molar-refractivity contribution in [1.29, 1.82) is 0 Å². The second-order valence-corrected chi connectivity index (χ2v) is 5.56. The Kier molecular flexibility index (Phi) is 6.14. The summed E-state index contributed by atoms with van der Waals surface area (Å²) in [7, 11) is 1.94. The van der Waals surface area contributed by atoms with Crippen LogP contribution in [0.25, 0.3) is 11.4 Å². The molecule has 1 amide bonds. The molecule has 0 aliphatic heterocycles. The zero-order valence-electron chi connectivity index (χ0n) is 13.2. The first-order valence-electron chi connectivity index (χ1n) is 7.12. The van der Waals surface area contributed by atoms with Crippen LogP contribution in [-0.4, -0.2) is 21.0 Å². The molecule has 0 radical (unpaired) electrons. The Morgan fingerprint density at radius 1 is 1.45 bits per heavy atom. The van der Waals surface area contributed by atoms with Crippen LogP contribution < -0.4 is 11.1 Å². The third kappa shape index (κ3) is 4.08. The highest BCUT2D eigenvalue weighted by Gasteiger charge is 2.27. The highest BCUT2D eigenvalue weighted by atomic mass is 35.5. The molecule has 0 aliphatic carbocycles. The van der Waals surface area contributed by atoms with Crippen LogP contribution in [0.1, 0.15) is 26.7 Å². The van der Waals surface area contributed by atoms with Crippen LogP contribution >= 0.6 is 12.4 Å². The van der Waals surface area contributed by atoms with E-state index >= 15 is 0 Å². The molecule has 1 heterocycles. The van der Waals surface area contributed by atoms with Crippen molar-refractivity contribution < 1.29 is 4.79 Å².